The molecule has 48 heavy (non-hydrogen) atoms. The Morgan fingerprint density at radius 2 is 1.15 bits per heavy atom. The van der Waals surface area contributed by atoms with Gasteiger partial charge in [-0.25, -0.2) is 5.57 Å². The summed E-state index contributed by atoms with van der Waals surface area (Å²) in [7, 11) is 0. The van der Waals surface area contributed by atoms with Gasteiger partial charge >= 0.3 is 112 Å². The Morgan fingerprint density at radius 1 is 0.667 bits per heavy atom. The maximum Gasteiger partial charge on any atom is -1.00 e. The standard InChI is InChI=1S/C21H25.C15H14.C9H13.2ClH.Zr/c1-20(2,3)16-9-7-14-11-15-8-10-17(21(4,5)6)13-19(15)18(14)12-16;1-12-3-7-14(8-4-12)11-15-9-5-13(2)6-10-15;1-6-5-7(2)9(4)8(6)3;;;/h7,9-10,12-13H,11H2,1-6H3;3-10H,1-2H3;6H,1-4H3;2*1H;/q-1;;-1;;;+2/p-2. The van der Waals surface area contributed by atoms with Gasteiger partial charge in [-0.2, -0.15) is 40.5 Å². The van der Waals surface area contributed by atoms with Gasteiger partial charge in [-0.05, 0) is 17.4 Å². The molecule has 0 bridgehead atoms. The number of hydrogen-bond donors (Lipinski definition) is 0. The molecule has 0 fully saturated rings. The van der Waals surface area contributed by atoms with Gasteiger partial charge in [-0.1, -0.05) is 103 Å². The minimum atomic E-state index is 0. The molecule has 6 rings (SSSR count). The molecule has 0 saturated heterocycles. The van der Waals surface area contributed by atoms with Crippen LogP contribution in [0.25, 0.3) is 11.1 Å². The molecule has 0 spiro atoms. The normalized spacial score (nSPS) is 14.6. The van der Waals surface area contributed by atoms with Crippen molar-refractivity contribution in [2.75, 3.05) is 0 Å². The van der Waals surface area contributed by atoms with Crippen LogP contribution in [0.15, 0.2) is 95.6 Å². The first-order valence-corrected chi connectivity index (χ1v) is 17.9. The third-order valence-corrected chi connectivity index (χ3v) is 10.9. The Labute approximate surface area is 319 Å². The van der Waals surface area contributed by atoms with Crippen molar-refractivity contribution in [3.63, 3.8) is 0 Å². The molecular weight excluding hydrogens is 703 g/mol. The average Bonchev–Trinajstić information content (AvgIpc) is 3.48. The molecule has 4 aromatic rings. The maximum atomic E-state index is 3.53. The zero-order chi connectivity index (χ0) is 34.0. The van der Waals surface area contributed by atoms with Gasteiger partial charge in [0.1, 0.15) is 0 Å². The van der Waals surface area contributed by atoms with Crippen molar-refractivity contribution < 1.29 is 49.0 Å². The van der Waals surface area contributed by atoms with Crippen LogP contribution in [0, 0.1) is 31.9 Å². The third-order valence-electron chi connectivity index (χ3n) is 9.44. The summed E-state index contributed by atoms with van der Waals surface area (Å²) in [6.07, 6.45) is 4.39. The summed E-state index contributed by atoms with van der Waals surface area (Å²) in [5, 5.41) is 0. The summed E-state index contributed by atoms with van der Waals surface area (Å²) in [6.45, 7) is 26.6. The molecule has 0 aromatic heterocycles. The summed E-state index contributed by atoms with van der Waals surface area (Å²) < 4.78 is 1.42. The molecule has 0 amide bonds. The molecular formula is C45H52Cl2Zr-2. The first kappa shape index (κ1) is 41.9. The zero-order valence-electron chi connectivity index (χ0n) is 31.0. The molecule has 2 aliphatic carbocycles. The molecule has 1 atom stereocenters. The van der Waals surface area contributed by atoms with Gasteiger partial charge in [0.05, 0.1) is 0 Å². The van der Waals surface area contributed by atoms with E-state index in [-0.39, 0.29) is 35.6 Å². The second-order valence-corrected chi connectivity index (χ2v) is 16.5. The van der Waals surface area contributed by atoms with E-state index in [1.807, 2.05) is 0 Å². The van der Waals surface area contributed by atoms with Crippen LogP contribution in [-0.2, 0) is 41.5 Å². The summed E-state index contributed by atoms with van der Waals surface area (Å²) in [5.74, 6) is 0.560. The van der Waals surface area contributed by atoms with Crippen LogP contribution in [0.4, 0.5) is 0 Å². The summed E-state index contributed by atoms with van der Waals surface area (Å²) in [4.78, 5) is 0. The van der Waals surface area contributed by atoms with Crippen molar-refractivity contribution in [2.45, 2.75) is 100 Å². The number of benzene rings is 4. The molecule has 1 unspecified atom stereocenters. The van der Waals surface area contributed by atoms with E-state index in [1.165, 1.54) is 99.8 Å². The molecule has 252 valence electrons. The molecule has 0 saturated carbocycles. The van der Waals surface area contributed by atoms with E-state index in [0.717, 1.165) is 6.42 Å². The van der Waals surface area contributed by atoms with Gasteiger partial charge in [-0.3, -0.25) is 6.08 Å². The number of rotatable bonds is 2. The van der Waals surface area contributed by atoms with E-state index in [4.69, 9.17) is 0 Å². The molecule has 2 aliphatic rings. The fourth-order valence-electron chi connectivity index (χ4n) is 5.75. The largest absolute Gasteiger partial charge is 1.00 e. The van der Waals surface area contributed by atoms with Crippen LogP contribution in [0.2, 0.25) is 0 Å². The van der Waals surface area contributed by atoms with Gasteiger partial charge in [0.15, 0.2) is 0 Å². The quantitative estimate of drug-likeness (QED) is 0.200. The molecule has 0 aliphatic heterocycles. The maximum absolute atomic E-state index is 3.53. The van der Waals surface area contributed by atoms with Gasteiger partial charge in [-0.15, -0.1) is 12.5 Å². The van der Waals surface area contributed by atoms with Gasteiger partial charge in [0.2, 0.25) is 0 Å². The van der Waals surface area contributed by atoms with Crippen LogP contribution in [0.3, 0.4) is 0 Å². The Kier molecular flexibility index (Phi) is 14.9. The average molecular weight is 755 g/mol. The van der Waals surface area contributed by atoms with Crippen LogP contribution in [0.5, 0.6) is 0 Å². The molecule has 4 aromatic carbocycles. The Balaban J connectivity index is 0.000000264. The van der Waals surface area contributed by atoms with Crippen LogP contribution in [0.1, 0.15) is 114 Å². The summed E-state index contributed by atoms with van der Waals surface area (Å²) >= 11 is 1.46. The van der Waals surface area contributed by atoms with Crippen LogP contribution >= 0.6 is 0 Å². The number of allylic oxidation sites excluding steroid dienone is 4. The van der Waals surface area contributed by atoms with Crippen molar-refractivity contribution in [3.8, 4) is 11.1 Å². The topological polar surface area (TPSA) is 0 Å². The van der Waals surface area contributed by atoms with Gasteiger partial charge in [0.25, 0.3) is 0 Å². The van der Waals surface area contributed by atoms with E-state index in [1.54, 1.807) is 0 Å². The zero-order valence-corrected chi connectivity index (χ0v) is 35.0. The first-order valence-electron chi connectivity index (χ1n) is 16.6. The summed E-state index contributed by atoms with van der Waals surface area (Å²) in [6, 6.07) is 32.6. The minimum absolute atomic E-state index is 0. The number of fused-ring (bicyclic) bond motifs is 3. The Bertz CT molecular complexity index is 1660. The predicted molar refractivity (Wildman–Crippen MR) is 196 cm³/mol. The van der Waals surface area contributed by atoms with Crippen molar-refractivity contribution in [2.24, 2.45) is 5.92 Å². The first-order chi connectivity index (χ1) is 21.5. The van der Waals surface area contributed by atoms with E-state index >= 15 is 0 Å². The predicted octanol–water partition coefficient (Wildman–Crippen LogP) is 5.80. The van der Waals surface area contributed by atoms with Gasteiger partial charge in [0, 0.05) is 0 Å². The number of hydrogen-bond acceptors (Lipinski definition) is 0. The molecule has 0 radical (unpaired) electrons. The Hall–Kier alpha value is -2.31. The summed E-state index contributed by atoms with van der Waals surface area (Å²) in [5.41, 5.74) is 18.3. The van der Waals surface area contributed by atoms with E-state index < -0.39 is 0 Å². The number of aryl methyl sites for hydroxylation is 2. The smallest absolute Gasteiger partial charge is 1.00 e. The van der Waals surface area contributed by atoms with Crippen molar-refractivity contribution in [1.82, 2.24) is 0 Å². The van der Waals surface area contributed by atoms with E-state index in [2.05, 4.69) is 174 Å². The van der Waals surface area contributed by atoms with Crippen LogP contribution in [-0.4, -0.2) is 3.21 Å². The van der Waals surface area contributed by atoms with Crippen LogP contribution < -0.4 is 24.8 Å². The van der Waals surface area contributed by atoms with Crippen molar-refractivity contribution in [3.05, 3.63) is 152 Å². The fraction of sp³-hybridized carbons (Fsp3) is 0.356. The SMILES string of the molecule is CC(C)(C)c1c[c-]c2c(c1)-c1cc(C(C)(C)C)ccc1C2.CC1=[C-]C(C)C(C)=C1C.Cc1ccc([C](=[Zr+2])c2ccc(C)cc2)cc1.[Cl-].[Cl-]. The van der Waals surface area contributed by atoms with Crippen molar-refractivity contribution in [1.29, 1.82) is 0 Å². The second-order valence-electron chi connectivity index (χ2n) is 15.2. The second kappa shape index (κ2) is 17.1. The minimum Gasteiger partial charge on any atom is -1.00 e. The molecule has 3 heteroatoms. The Morgan fingerprint density at radius 3 is 1.54 bits per heavy atom. The van der Waals surface area contributed by atoms with E-state index in [0.29, 0.717) is 5.92 Å². The number of halogens is 2. The van der Waals surface area contributed by atoms with E-state index in [9.17, 15) is 0 Å². The molecule has 0 N–H and O–H groups in total. The van der Waals surface area contributed by atoms with Gasteiger partial charge < -0.3 is 24.8 Å². The molecule has 0 nitrogen and oxygen atoms in total. The fourth-order valence-corrected chi connectivity index (χ4v) is 6.57. The monoisotopic (exact) mass is 752 g/mol. The third kappa shape index (κ3) is 10.4. The molecule has 0 heterocycles. The van der Waals surface area contributed by atoms with Crippen molar-refractivity contribution >= 4 is 3.21 Å².